The van der Waals surface area contributed by atoms with Crippen LogP contribution in [0.25, 0.3) is 0 Å². The maximum absolute atomic E-state index is 13.1. The van der Waals surface area contributed by atoms with Crippen molar-refractivity contribution in [1.82, 2.24) is 4.31 Å². The van der Waals surface area contributed by atoms with Gasteiger partial charge in [-0.05, 0) is 73.8 Å². The highest BCUT2D eigenvalue weighted by atomic mass is 32.2. The molecule has 0 spiro atoms. The van der Waals surface area contributed by atoms with Crippen molar-refractivity contribution in [1.29, 1.82) is 5.26 Å². The van der Waals surface area contributed by atoms with E-state index >= 15 is 0 Å². The van der Waals surface area contributed by atoms with Gasteiger partial charge in [0.25, 0.3) is 5.91 Å². The number of hydrogen-bond donors (Lipinski definition) is 1. The molecule has 0 saturated carbocycles. The van der Waals surface area contributed by atoms with Crippen LogP contribution >= 0.6 is 11.3 Å². The molecule has 4 rings (SSSR count). The Kier molecular flexibility index (Phi) is 6.70. The first kappa shape index (κ1) is 23.0. The number of nitrogens with zero attached hydrogens (tertiary/aromatic N) is 2. The van der Waals surface area contributed by atoms with E-state index in [0.29, 0.717) is 41.1 Å². The molecular weight excluding hydrogens is 442 g/mol. The lowest BCUT2D eigenvalue weighted by Crippen LogP contribution is -2.42. The molecule has 2 aromatic rings. The summed E-state index contributed by atoms with van der Waals surface area (Å²) in [7, 11) is -3.58. The average molecular weight is 472 g/mol. The Hall–Kier alpha value is -2.21. The monoisotopic (exact) mass is 471 g/mol. The van der Waals surface area contributed by atoms with E-state index in [4.69, 9.17) is 0 Å². The summed E-state index contributed by atoms with van der Waals surface area (Å²) in [6, 6.07) is 8.37. The van der Waals surface area contributed by atoms with Crippen LogP contribution in [0.5, 0.6) is 0 Å². The summed E-state index contributed by atoms with van der Waals surface area (Å²) < 4.78 is 27.7. The fourth-order valence-electron chi connectivity index (χ4n) is 4.85. The molecule has 6 nitrogen and oxygen atoms in total. The first-order valence-electron chi connectivity index (χ1n) is 11.3. The fourth-order valence-corrected chi connectivity index (χ4v) is 7.77. The number of aryl methyl sites for hydroxylation is 1. The number of sulfonamides is 1. The van der Waals surface area contributed by atoms with E-state index in [1.165, 1.54) is 34.8 Å². The quantitative estimate of drug-likeness (QED) is 0.648. The second kappa shape index (κ2) is 9.34. The van der Waals surface area contributed by atoms with Crippen LogP contribution in [-0.2, 0) is 22.9 Å². The predicted octanol–water partition coefficient (Wildman–Crippen LogP) is 4.81. The standard InChI is InChI=1S/C24H29N3O3S2/c1-16-12-17(2)15-27(14-16)32(29,30)19-10-8-18(9-11-19)23(28)26-24-21(13-25)20-6-4-3-5-7-22(20)31-24/h8-11,16-17H,3-7,12,14-15H2,1-2H3,(H,26,28)/t16-,17-/m1/s1. The van der Waals surface area contributed by atoms with E-state index in [-0.39, 0.29) is 10.8 Å². The summed E-state index contributed by atoms with van der Waals surface area (Å²) >= 11 is 1.49. The first-order chi connectivity index (χ1) is 15.3. The minimum Gasteiger partial charge on any atom is -0.312 e. The first-order valence-corrected chi connectivity index (χ1v) is 13.5. The van der Waals surface area contributed by atoms with Gasteiger partial charge in [0, 0.05) is 23.5 Å². The average Bonchev–Trinajstić information content (AvgIpc) is 2.91. The van der Waals surface area contributed by atoms with Gasteiger partial charge in [-0.1, -0.05) is 20.3 Å². The Labute approximate surface area is 194 Å². The van der Waals surface area contributed by atoms with Gasteiger partial charge in [-0.3, -0.25) is 4.79 Å². The number of nitrogens with one attached hydrogen (secondary N) is 1. The molecule has 1 aromatic carbocycles. The topological polar surface area (TPSA) is 90.3 Å². The highest BCUT2D eigenvalue weighted by molar-refractivity contribution is 7.89. The number of benzene rings is 1. The van der Waals surface area contributed by atoms with Crippen molar-refractivity contribution in [2.24, 2.45) is 11.8 Å². The minimum atomic E-state index is -3.58. The van der Waals surface area contributed by atoms with Gasteiger partial charge in [-0.15, -0.1) is 11.3 Å². The molecule has 1 saturated heterocycles. The van der Waals surface area contributed by atoms with Gasteiger partial charge in [-0.25, -0.2) is 8.42 Å². The number of carbonyl (C=O) groups excluding carboxylic acids is 1. The lowest BCUT2D eigenvalue weighted by Gasteiger charge is -2.34. The number of rotatable bonds is 4. The third-order valence-corrected chi connectivity index (χ3v) is 9.40. The van der Waals surface area contributed by atoms with Gasteiger partial charge in [-0.2, -0.15) is 9.57 Å². The zero-order valence-electron chi connectivity index (χ0n) is 18.6. The van der Waals surface area contributed by atoms with E-state index in [0.717, 1.165) is 37.7 Å². The lowest BCUT2D eigenvalue weighted by molar-refractivity contribution is 0.102. The SMILES string of the molecule is C[C@@H]1C[C@@H](C)CN(S(=O)(=O)c2ccc(C(=O)Nc3sc4c(c3C#N)CCCCC4)cc2)C1. The van der Waals surface area contributed by atoms with E-state index in [2.05, 4.69) is 25.2 Å². The van der Waals surface area contributed by atoms with Crippen LogP contribution in [0.2, 0.25) is 0 Å². The second-order valence-corrected chi connectivity index (χ2v) is 12.2. The van der Waals surface area contributed by atoms with E-state index in [1.54, 1.807) is 16.4 Å². The summed E-state index contributed by atoms with van der Waals surface area (Å²) in [6.07, 6.45) is 6.20. The third-order valence-electron chi connectivity index (χ3n) is 6.35. The number of thiophene rings is 1. The second-order valence-electron chi connectivity index (χ2n) is 9.13. The molecule has 1 aliphatic heterocycles. The summed E-state index contributed by atoms with van der Waals surface area (Å²) in [5.74, 6) is 0.324. The van der Waals surface area contributed by atoms with Crippen molar-refractivity contribution >= 4 is 32.3 Å². The largest absolute Gasteiger partial charge is 0.312 e. The van der Waals surface area contributed by atoms with Crippen LogP contribution in [0.3, 0.4) is 0 Å². The Bertz CT molecular complexity index is 1140. The molecule has 1 fully saturated rings. The van der Waals surface area contributed by atoms with Crippen molar-refractivity contribution in [3.63, 3.8) is 0 Å². The summed E-state index contributed by atoms with van der Waals surface area (Å²) in [5, 5.41) is 13.1. The van der Waals surface area contributed by atoms with Crippen LogP contribution < -0.4 is 5.32 Å². The highest BCUT2D eigenvalue weighted by Gasteiger charge is 2.31. The number of anilines is 1. The Morgan fingerprint density at radius 1 is 1.09 bits per heavy atom. The molecular formula is C24H29N3O3S2. The Morgan fingerprint density at radius 3 is 2.41 bits per heavy atom. The molecule has 0 bridgehead atoms. The number of piperidine rings is 1. The maximum atomic E-state index is 13.1. The normalized spacial score (nSPS) is 21.9. The van der Waals surface area contributed by atoms with Gasteiger partial charge in [0.1, 0.15) is 11.1 Å². The Morgan fingerprint density at radius 2 is 1.75 bits per heavy atom. The number of fused-ring (bicyclic) bond motifs is 1. The van der Waals surface area contributed by atoms with Gasteiger partial charge in [0.05, 0.1) is 10.5 Å². The molecule has 1 aromatic heterocycles. The number of amides is 1. The highest BCUT2D eigenvalue weighted by Crippen LogP contribution is 2.37. The lowest BCUT2D eigenvalue weighted by atomic mass is 9.94. The van der Waals surface area contributed by atoms with Gasteiger partial charge in [0.15, 0.2) is 0 Å². The molecule has 1 amide bonds. The molecule has 1 N–H and O–H groups in total. The molecule has 0 radical (unpaired) electrons. The van der Waals surface area contributed by atoms with Crippen LogP contribution in [0.15, 0.2) is 29.2 Å². The molecule has 8 heteroatoms. The van der Waals surface area contributed by atoms with Gasteiger partial charge < -0.3 is 5.32 Å². The molecule has 2 heterocycles. The van der Waals surface area contributed by atoms with Crippen molar-refractivity contribution in [3.8, 4) is 6.07 Å². The number of nitriles is 1. The smallest absolute Gasteiger partial charge is 0.256 e. The molecule has 170 valence electrons. The van der Waals surface area contributed by atoms with Crippen LogP contribution in [-0.4, -0.2) is 31.7 Å². The zero-order valence-corrected chi connectivity index (χ0v) is 20.2. The maximum Gasteiger partial charge on any atom is 0.256 e. The van der Waals surface area contributed by atoms with Crippen molar-refractivity contribution in [2.45, 2.75) is 57.3 Å². The van der Waals surface area contributed by atoms with Crippen LogP contribution in [0.4, 0.5) is 5.00 Å². The predicted molar refractivity (Wildman–Crippen MR) is 126 cm³/mol. The third kappa shape index (κ3) is 4.61. The number of hydrogen-bond acceptors (Lipinski definition) is 5. The van der Waals surface area contributed by atoms with Gasteiger partial charge in [0.2, 0.25) is 10.0 Å². The molecule has 2 atom stereocenters. The molecule has 2 aliphatic rings. The zero-order chi connectivity index (χ0) is 22.9. The molecule has 1 aliphatic carbocycles. The number of carbonyl (C=O) groups is 1. The molecule has 0 unspecified atom stereocenters. The summed E-state index contributed by atoms with van der Waals surface area (Å²) in [5.41, 5.74) is 2.03. The molecule has 32 heavy (non-hydrogen) atoms. The van der Waals surface area contributed by atoms with E-state index < -0.39 is 10.0 Å². The van der Waals surface area contributed by atoms with Gasteiger partial charge >= 0.3 is 0 Å². The van der Waals surface area contributed by atoms with Crippen LogP contribution in [0.1, 0.15) is 65.9 Å². The van der Waals surface area contributed by atoms with Crippen LogP contribution in [0, 0.1) is 23.2 Å². The Balaban J connectivity index is 1.51. The van der Waals surface area contributed by atoms with Crippen molar-refractivity contribution < 1.29 is 13.2 Å². The summed E-state index contributed by atoms with van der Waals surface area (Å²) in [4.78, 5) is 14.2. The van der Waals surface area contributed by atoms with E-state index in [1.807, 2.05) is 0 Å². The van der Waals surface area contributed by atoms with Crippen molar-refractivity contribution in [2.75, 3.05) is 18.4 Å². The fraction of sp³-hybridized carbons (Fsp3) is 0.500. The minimum absolute atomic E-state index is 0.205. The summed E-state index contributed by atoms with van der Waals surface area (Å²) in [6.45, 7) is 5.19. The van der Waals surface area contributed by atoms with Crippen molar-refractivity contribution in [3.05, 3.63) is 45.8 Å². The van der Waals surface area contributed by atoms with E-state index in [9.17, 15) is 18.5 Å².